The molecule has 0 heterocycles. The first-order valence-corrected chi connectivity index (χ1v) is 6.02. The van der Waals surface area contributed by atoms with Crippen molar-refractivity contribution in [2.45, 2.75) is 12.1 Å². The minimum absolute atomic E-state index is 0.122. The summed E-state index contributed by atoms with van der Waals surface area (Å²) in [4.78, 5) is 27.8. The first-order valence-electron chi connectivity index (χ1n) is 4.41. The van der Waals surface area contributed by atoms with E-state index in [0.29, 0.717) is 0 Å². The Labute approximate surface area is 93.3 Å². The van der Waals surface area contributed by atoms with Gasteiger partial charge in [0.15, 0.2) is 5.72 Å². The largest absolute Gasteiger partial charge is 0.550 e. The Morgan fingerprint density at radius 3 is 2.12 bits per heavy atom. The molecule has 0 aromatic rings. The van der Waals surface area contributed by atoms with E-state index in [2.05, 4.69) is 0 Å². The Balaban J connectivity index is 4.89. The molecule has 0 spiro atoms. The van der Waals surface area contributed by atoms with E-state index in [1.54, 1.807) is 26.2 Å². The van der Waals surface area contributed by atoms with Crippen molar-refractivity contribution in [3.63, 3.8) is 0 Å². The second-order valence-electron chi connectivity index (χ2n) is 4.68. The van der Waals surface area contributed by atoms with Gasteiger partial charge < -0.3 is 29.3 Å². The van der Waals surface area contributed by atoms with Gasteiger partial charge in [0.2, 0.25) is 0 Å². The summed E-state index contributed by atoms with van der Waals surface area (Å²) in [6.45, 7) is -0.202. The van der Waals surface area contributed by atoms with Crippen LogP contribution in [0, 0.1) is 0 Å². The summed E-state index contributed by atoms with van der Waals surface area (Å²) in [5.41, 5.74) is -2.21. The van der Waals surface area contributed by atoms with Crippen LogP contribution in [0.15, 0.2) is 0 Å². The molecule has 0 saturated heterocycles. The number of carbonyl (C=O) groups is 1. The van der Waals surface area contributed by atoms with Gasteiger partial charge >= 0.3 is 7.75 Å². The fourth-order valence-corrected chi connectivity index (χ4v) is 2.12. The molecule has 0 radical (unpaired) electrons. The average molecular weight is 256 g/mol. The van der Waals surface area contributed by atoms with Gasteiger partial charge in [-0.3, -0.25) is 0 Å². The lowest BCUT2D eigenvalue weighted by atomic mass is 10.1. The van der Waals surface area contributed by atoms with Crippen molar-refractivity contribution >= 4 is 13.7 Å². The highest BCUT2D eigenvalue weighted by Crippen LogP contribution is 2.33. The van der Waals surface area contributed by atoms with Crippen molar-refractivity contribution in [2.75, 3.05) is 27.7 Å². The minimum Gasteiger partial charge on any atom is -0.550 e. The number of quaternary nitrogens is 1. The Kier molecular flexibility index (Phi) is 4.64. The van der Waals surface area contributed by atoms with Gasteiger partial charge in [0, 0.05) is 12.4 Å². The third-order valence-corrected chi connectivity index (χ3v) is 2.23. The van der Waals surface area contributed by atoms with E-state index >= 15 is 0 Å². The van der Waals surface area contributed by atoms with Crippen molar-refractivity contribution in [1.29, 1.82) is 0 Å². The van der Waals surface area contributed by atoms with E-state index in [1.807, 2.05) is 0 Å². The molecule has 4 N–H and O–H groups in total. The third kappa shape index (κ3) is 7.75. The summed E-state index contributed by atoms with van der Waals surface area (Å²) >= 11 is 0. The number of nitrogens with one attached hydrogen (secondary N) is 1. The molecule has 0 rings (SSSR count). The summed E-state index contributed by atoms with van der Waals surface area (Å²) in [7, 11) is 0.191. The van der Waals surface area contributed by atoms with Crippen LogP contribution in [0.25, 0.3) is 0 Å². The number of hydrogen-bond acceptors (Lipinski definition) is 4. The topological polar surface area (TPSA) is 130 Å². The van der Waals surface area contributed by atoms with Crippen LogP contribution in [0.5, 0.6) is 0 Å². The van der Waals surface area contributed by atoms with E-state index in [0.717, 1.165) is 0 Å². The maximum Gasteiger partial charge on any atom is 0.402 e. The highest BCUT2D eigenvalue weighted by atomic mass is 31.2. The summed E-state index contributed by atoms with van der Waals surface area (Å²) in [5.74, 6) is -1.60. The van der Waals surface area contributed by atoms with Crippen LogP contribution < -0.4 is 10.2 Å². The Bertz CT molecular complexity index is 308. The van der Waals surface area contributed by atoms with Gasteiger partial charge in [-0.05, 0) is 0 Å². The lowest BCUT2D eigenvalue weighted by Crippen LogP contribution is -2.58. The number of likely N-dealkylation sites (N-methyl/N-ethyl adjacent to an activating group) is 1. The standard InChI is InChI=1S/C7H17N2O6P/c1-9(2,3)5-7(12,4-6(10)11)8-16(13,14)15/h12H,4-5H2,1-3H3,(H3-,8,10,11,13,14,15). The molecule has 0 aliphatic heterocycles. The molecular weight excluding hydrogens is 239 g/mol. The molecule has 1 unspecified atom stereocenters. The van der Waals surface area contributed by atoms with Crippen LogP contribution in [0.4, 0.5) is 0 Å². The SMILES string of the molecule is C[N+](C)(C)CC(O)(CC(=O)[O-])NP(=O)(O)O. The fraction of sp³-hybridized carbons (Fsp3) is 0.857. The molecule has 0 aliphatic carbocycles. The van der Waals surface area contributed by atoms with E-state index < -0.39 is 25.9 Å². The molecule has 0 bridgehead atoms. The quantitative estimate of drug-likeness (QED) is 0.229. The van der Waals surface area contributed by atoms with Gasteiger partial charge in [0.25, 0.3) is 0 Å². The van der Waals surface area contributed by atoms with Crippen LogP contribution in [0.2, 0.25) is 0 Å². The highest BCUT2D eigenvalue weighted by molar-refractivity contribution is 7.49. The Morgan fingerprint density at radius 2 is 1.88 bits per heavy atom. The van der Waals surface area contributed by atoms with E-state index in [9.17, 15) is 19.6 Å². The van der Waals surface area contributed by atoms with Crippen LogP contribution in [-0.2, 0) is 9.36 Å². The van der Waals surface area contributed by atoms with E-state index in [4.69, 9.17) is 9.79 Å². The van der Waals surface area contributed by atoms with Crippen LogP contribution >= 0.6 is 7.75 Å². The van der Waals surface area contributed by atoms with Crippen LogP contribution in [0.3, 0.4) is 0 Å². The zero-order chi connectivity index (χ0) is 13.2. The van der Waals surface area contributed by atoms with Gasteiger partial charge in [-0.1, -0.05) is 0 Å². The zero-order valence-electron chi connectivity index (χ0n) is 9.38. The number of hydrogen-bond donors (Lipinski definition) is 4. The minimum atomic E-state index is -4.73. The summed E-state index contributed by atoms with van der Waals surface area (Å²) < 4.78 is 10.8. The molecule has 0 aromatic carbocycles. The summed E-state index contributed by atoms with van der Waals surface area (Å²) in [6.07, 6.45) is -0.909. The molecule has 1 atom stereocenters. The zero-order valence-corrected chi connectivity index (χ0v) is 10.3. The van der Waals surface area contributed by atoms with Crippen molar-refractivity contribution in [3.05, 3.63) is 0 Å². The number of rotatable bonds is 6. The van der Waals surface area contributed by atoms with Gasteiger partial charge in [0.05, 0.1) is 21.1 Å². The second-order valence-corrected chi connectivity index (χ2v) is 6.00. The lowest BCUT2D eigenvalue weighted by molar-refractivity contribution is -0.877. The van der Waals surface area contributed by atoms with Crippen molar-refractivity contribution in [3.8, 4) is 0 Å². The number of carbonyl (C=O) groups excluding carboxylic acids is 1. The average Bonchev–Trinajstić information content (AvgIpc) is 1.69. The normalized spacial score (nSPS) is 16.9. The molecule has 0 amide bonds. The van der Waals surface area contributed by atoms with Crippen LogP contribution in [-0.4, -0.2) is 58.8 Å². The van der Waals surface area contributed by atoms with E-state index in [-0.39, 0.29) is 11.0 Å². The van der Waals surface area contributed by atoms with E-state index in [1.165, 1.54) is 0 Å². The van der Waals surface area contributed by atoms with Crippen molar-refractivity contribution in [2.24, 2.45) is 0 Å². The Hall–Kier alpha value is -0.500. The van der Waals surface area contributed by atoms with Gasteiger partial charge in [-0.25, -0.2) is 4.57 Å². The smallest absolute Gasteiger partial charge is 0.402 e. The molecule has 0 aliphatic rings. The van der Waals surface area contributed by atoms with Gasteiger partial charge in [-0.15, -0.1) is 0 Å². The fourth-order valence-electron chi connectivity index (χ4n) is 1.43. The number of aliphatic carboxylic acids is 1. The number of carboxylic acids is 1. The summed E-state index contributed by atoms with van der Waals surface area (Å²) in [6, 6.07) is 0. The molecule has 16 heavy (non-hydrogen) atoms. The first kappa shape index (κ1) is 15.5. The molecule has 96 valence electrons. The molecule has 9 heteroatoms. The second kappa shape index (κ2) is 4.79. The predicted octanol–water partition coefficient (Wildman–Crippen LogP) is -2.80. The highest BCUT2D eigenvalue weighted by Gasteiger charge is 2.38. The van der Waals surface area contributed by atoms with Gasteiger partial charge in [-0.2, -0.15) is 5.09 Å². The van der Waals surface area contributed by atoms with Crippen molar-refractivity contribution < 1.29 is 33.8 Å². The van der Waals surface area contributed by atoms with Crippen molar-refractivity contribution in [1.82, 2.24) is 5.09 Å². The molecule has 0 fully saturated rings. The lowest BCUT2D eigenvalue weighted by Gasteiger charge is -2.36. The van der Waals surface area contributed by atoms with Crippen LogP contribution in [0.1, 0.15) is 6.42 Å². The number of carboxylic acid groups (broad SMARTS) is 1. The number of nitrogens with zero attached hydrogens (tertiary/aromatic N) is 1. The number of aliphatic hydroxyl groups is 1. The maximum atomic E-state index is 10.7. The third-order valence-electron chi connectivity index (χ3n) is 1.53. The molecule has 8 nitrogen and oxygen atoms in total. The molecule has 0 saturated carbocycles. The first-order chi connectivity index (χ1) is 6.83. The van der Waals surface area contributed by atoms with Gasteiger partial charge in [0.1, 0.15) is 6.54 Å². The molecule has 0 aromatic heterocycles. The predicted molar refractivity (Wildman–Crippen MR) is 52.7 cm³/mol. The maximum absolute atomic E-state index is 10.7. The Morgan fingerprint density at radius 1 is 1.44 bits per heavy atom. The molecular formula is C7H17N2O6P. The summed E-state index contributed by atoms with van der Waals surface area (Å²) in [5, 5.41) is 21.8. The monoisotopic (exact) mass is 256 g/mol.